The van der Waals surface area contributed by atoms with Crippen LogP contribution in [0.4, 0.5) is 0 Å². The van der Waals surface area contributed by atoms with Crippen molar-refractivity contribution in [2.75, 3.05) is 33.4 Å². The summed E-state index contributed by atoms with van der Waals surface area (Å²) < 4.78 is 16.6. The normalized spacial score (nSPS) is 17.4. The zero-order valence-corrected chi connectivity index (χ0v) is 18.5. The Hall–Kier alpha value is -2.13. The summed E-state index contributed by atoms with van der Waals surface area (Å²) in [6.07, 6.45) is 0.227. The number of hydrogen-bond acceptors (Lipinski definition) is 6. The van der Waals surface area contributed by atoms with Crippen LogP contribution in [-0.2, 0) is 19.1 Å². The van der Waals surface area contributed by atoms with Gasteiger partial charge >= 0.3 is 5.97 Å². The molecule has 1 fully saturated rings. The van der Waals surface area contributed by atoms with Gasteiger partial charge in [0.05, 0.1) is 24.7 Å². The van der Waals surface area contributed by atoms with Crippen molar-refractivity contribution in [3.63, 3.8) is 0 Å². The fourth-order valence-corrected chi connectivity index (χ4v) is 3.22. The molecule has 1 aliphatic rings. The molecule has 0 spiro atoms. The van der Waals surface area contributed by atoms with Gasteiger partial charge in [0.2, 0.25) is 5.91 Å². The fourth-order valence-electron chi connectivity index (χ4n) is 2.86. The second kappa shape index (κ2) is 11.2. The number of ether oxygens (including phenoxy) is 3. The molecule has 1 N–H and O–H groups in total. The number of carbonyl (C=O) groups excluding carboxylic acids is 3. The number of nitrogens with zero attached hydrogens (tertiary/aromatic N) is 1. The number of nitrogens with one attached hydrogen (secondary N) is 1. The summed E-state index contributed by atoms with van der Waals surface area (Å²) >= 11 is 3.37. The number of rotatable bonds is 9. The minimum absolute atomic E-state index is 0.199. The van der Waals surface area contributed by atoms with Crippen molar-refractivity contribution < 1.29 is 28.6 Å². The Balaban J connectivity index is 2.23. The van der Waals surface area contributed by atoms with E-state index in [9.17, 15) is 14.4 Å². The van der Waals surface area contributed by atoms with Gasteiger partial charge in [0.25, 0.3) is 5.91 Å². The van der Waals surface area contributed by atoms with Crippen LogP contribution in [0.5, 0.6) is 5.75 Å². The highest BCUT2D eigenvalue weighted by Gasteiger charge is 2.36. The molecule has 1 aromatic rings. The Morgan fingerprint density at radius 3 is 2.79 bits per heavy atom. The quantitative estimate of drug-likeness (QED) is 0.438. The van der Waals surface area contributed by atoms with E-state index in [1.54, 1.807) is 32.2 Å². The van der Waals surface area contributed by atoms with Gasteiger partial charge in [-0.15, -0.1) is 0 Å². The second-order valence-electron chi connectivity index (χ2n) is 6.70. The molecular weight excluding hydrogens is 444 g/mol. The van der Waals surface area contributed by atoms with Crippen molar-refractivity contribution in [1.82, 2.24) is 10.2 Å². The molecule has 0 bridgehead atoms. The third-order valence-electron chi connectivity index (χ3n) is 4.58. The minimum atomic E-state index is -0.932. The standard InChI is InChI=1S/C20H27BrN2O6/c1-4-13(2)29-18(24)12-16-19(25)22-7-8-23(16)20(26)15-11-14(21)5-6-17(15)28-10-9-27-3/h5-6,11,13,16H,4,7-10,12H2,1-3H3,(H,22,25). The lowest BCUT2D eigenvalue weighted by atomic mass is 10.1. The van der Waals surface area contributed by atoms with Crippen molar-refractivity contribution in [2.45, 2.75) is 38.8 Å². The first-order chi connectivity index (χ1) is 13.9. The first kappa shape index (κ1) is 23.2. The molecule has 0 aromatic heterocycles. The molecule has 29 heavy (non-hydrogen) atoms. The van der Waals surface area contributed by atoms with Crippen LogP contribution in [0, 0.1) is 0 Å². The Labute approximate surface area is 179 Å². The molecule has 0 saturated carbocycles. The number of halogens is 1. The van der Waals surface area contributed by atoms with Gasteiger partial charge in [-0.1, -0.05) is 22.9 Å². The first-order valence-electron chi connectivity index (χ1n) is 9.56. The summed E-state index contributed by atoms with van der Waals surface area (Å²) in [5.41, 5.74) is 0.311. The predicted molar refractivity (Wildman–Crippen MR) is 110 cm³/mol. The summed E-state index contributed by atoms with van der Waals surface area (Å²) in [5.74, 6) is -0.871. The number of hydrogen-bond donors (Lipinski definition) is 1. The van der Waals surface area contributed by atoms with E-state index < -0.39 is 12.0 Å². The van der Waals surface area contributed by atoms with Gasteiger partial charge in [0.15, 0.2) is 0 Å². The number of piperazine rings is 1. The Morgan fingerprint density at radius 1 is 1.34 bits per heavy atom. The fraction of sp³-hybridized carbons (Fsp3) is 0.550. The number of benzene rings is 1. The smallest absolute Gasteiger partial charge is 0.308 e. The predicted octanol–water partition coefficient (Wildman–Crippen LogP) is 2.15. The molecular formula is C20H27BrN2O6. The average Bonchev–Trinajstić information content (AvgIpc) is 2.70. The molecule has 1 saturated heterocycles. The van der Waals surface area contributed by atoms with Crippen LogP contribution in [0.15, 0.2) is 22.7 Å². The largest absolute Gasteiger partial charge is 0.490 e. The van der Waals surface area contributed by atoms with Crippen LogP contribution in [-0.4, -0.2) is 68.2 Å². The van der Waals surface area contributed by atoms with Crippen molar-refractivity contribution in [3.05, 3.63) is 28.2 Å². The molecule has 0 aliphatic carbocycles. The topological polar surface area (TPSA) is 94.2 Å². The van der Waals surface area contributed by atoms with Crippen LogP contribution in [0.2, 0.25) is 0 Å². The van der Waals surface area contributed by atoms with E-state index in [-0.39, 0.29) is 37.5 Å². The molecule has 160 valence electrons. The Kier molecular flexibility index (Phi) is 8.91. The molecule has 2 atom stereocenters. The highest BCUT2D eigenvalue weighted by Crippen LogP contribution is 2.26. The summed E-state index contributed by atoms with van der Waals surface area (Å²) in [7, 11) is 1.56. The van der Waals surface area contributed by atoms with E-state index >= 15 is 0 Å². The van der Waals surface area contributed by atoms with Crippen molar-refractivity contribution in [1.29, 1.82) is 0 Å². The molecule has 2 amide bonds. The van der Waals surface area contributed by atoms with Crippen LogP contribution in [0.1, 0.15) is 37.0 Å². The number of amides is 2. The lowest BCUT2D eigenvalue weighted by Crippen LogP contribution is -2.58. The molecule has 2 unspecified atom stereocenters. The van der Waals surface area contributed by atoms with Gasteiger partial charge in [0, 0.05) is 24.7 Å². The zero-order chi connectivity index (χ0) is 21.4. The average molecular weight is 471 g/mol. The SMILES string of the molecule is CCC(C)OC(=O)CC1C(=O)NCCN1C(=O)c1cc(Br)ccc1OCCOC. The Bertz CT molecular complexity index is 742. The van der Waals surface area contributed by atoms with Gasteiger partial charge in [-0.05, 0) is 31.5 Å². The van der Waals surface area contributed by atoms with Gasteiger partial charge in [-0.3, -0.25) is 14.4 Å². The maximum absolute atomic E-state index is 13.3. The maximum Gasteiger partial charge on any atom is 0.308 e. The van der Waals surface area contributed by atoms with Crippen molar-refractivity contribution >= 4 is 33.7 Å². The third kappa shape index (κ3) is 6.43. The van der Waals surface area contributed by atoms with Crippen LogP contribution in [0.25, 0.3) is 0 Å². The molecule has 2 rings (SSSR count). The van der Waals surface area contributed by atoms with Crippen LogP contribution >= 0.6 is 15.9 Å². The van der Waals surface area contributed by atoms with Crippen LogP contribution in [0.3, 0.4) is 0 Å². The maximum atomic E-state index is 13.3. The first-order valence-corrected chi connectivity index (χ1v) is 10.4. The van der Waals surface area contributed by atoms with E-state index in [1.165, 1.54) is 4.90 Å². The van der Waals surface area contributed by atoms with E-state index in [1.807, 2.05) is 6.92 Å². The summed E-state index contributed by atoms with van der Waals surface area (Å²) in [6, 6.07) is 4.16. The van der Waals surface area contributed by atoms with E-state index in [0.717, 1.165) is 0 Å². The minimum Gasteiger partial charge on any atom is -0.490 e. The summed E-state index contributed by atoms with van der Waals surface area (Å²) in [5, 5.41) is 2.71. The Morgan fingerprint density at radius 2 is 2.10 bits per heavy atom. The van der Waals surface area contributed by atoms with Gasteiger partial charge < -0.3 is 24.4 Å². The van der Waals surface area contributed by atoms with Gasteiger partial charge in [0.1, 0.15) is 18.4 Å². The van der Waals surface area contributed by atoms with E-state index in [4.69, 9.17) is 14.2 Å². The molecule has 0 radical (unpaired) electrons. The molecule has 8 nitrogen and oxygen atoms in total. The van der Waals surface area contributed by atoms with Crippen molar-refractivity contribution in [3.8, 4) is 5.75 Å². The van der Waals surface area contributed by atoms with Gasteiger partial charge in [-0.2, -0.15) is 0 Å². The summed E-state index contributed by atoms with van der Waals surface area (Å²) in [4.78, 5) is 39.4. The lowest BCUT2D eigenvalue weighted by molar-refractivity contribution is -0.151. The van der Waals surface area contributed by atoms with Crippen molar-refractivity contribution in [2.24, 2.45) is 0 Å². The highest BCUT2D eigenvalue weighted by atomic mass is 79.9. The van der Waals surface area contributed by atoms with Gasteiger partial charge in [-0.25, -0.2) is 0 Å². The zero-order valence-electron chi connectivity index (χ0n) is 16.9. The molecule has 1 aliphatic heterocycles. The highest BCUT2D eigenvalue weighted by molar-refractivity contribution is 9.10. The molecule has 1 heterocycles. The monoisotopic (exact) mass is 470 g/mol. The van der Waals surface area contributed by atoms with E-state index in [2.05, 4.69) is 21.2 Å². The van der Waals surface area contributed by atoms with Crippen LogP contribution < -0.4 is 10.1 Å². The number of carbonyl (C=O) groups is 3. The molecule has 9 heteroatoms. The molecule has 1 aromatic carbocycles. The summed E-state index contributed by atoms with van der Waals surface area (Å²) in [6.45, 7) is 4.95. The lowest BCUT2D eigenvalue weighted by Gasteiger charge is -2.35. The van der Waals surface area contributed by atoms with E-state index in [0.29, 0.717) is 35.4 Å². The second-order valence-corrected chi connectivity index (χ2v) is 7.62. The third-order valence-corrected chi connectivity index (χ3v) is 5.07. The number of esters is 1. The number of methoxy groups -OCH3 is 1.